The fourth-order valence-corrected chi connectivity index (χ4v) is 3.48. The number of Topliss-reactive ketones (excluding diaryl/α,β-unsaturated/α-hetero) is 1. The van der Waals surface area contributed by atoms with Crippen LogP contribution in [0.1, 0.15) is 29.0 Å². The Morgan fingerprint density at radius 3 is 2.38 bits per heavy atom. The third kappa shape index (κ3) is 4.99. The minimum Gasteiger partial charge on any atom is -0.481 e. The minimum atomic E-state index is -3.75. The molecule has 0 aliphatic carbocycles. The van der Waals surface area contributed by atoms with E-state index in [1.54, 1.807) is 23.7 Å². The lowest BCUT2D eigenvalue weighted by molar-refractivity contribution is -0.136. The van der Waals surface area contributed by atoms with Crippen molar-refractivity contribution in [2.75, 3.05) is 6.54 Å². The summed E-state index contributed by atoms with van der Waals surface area (Å²) in [6.07, 6.45) is 0.00374. The molecule has 9 heteroatoms. The van der Waals surface area contributed by atoms with Gasteiger partial charge in [-0.2, -0.15) is 0 Å². The molecule has 7 nitrogen and oxygen atoms in total. The van der Waals surface area contributed by atoms with Crippen molar-refractivity contribution in [2.45, 2.75) is 24.2 Å². The molecule has 1 heterocycles. The summed E-state index contributed by atoms with van der Waals surface area (Å²) < 4.78 is 41.2. The van der Waals surface area contributed by atoms with E-state index in [4.69, 9.17) is 5.11 Å². The maximum atomic E-state index is 12.9. The summed E-state index contributed by atoms with van der Waals surface area (Å²) in [5, 5.41) is 8.64. The molecule has 0 saturated heterocycles. The summed E-state index contributed by atoms with van der Waals surface area (Å²) in [5.41, 5.74) is 1.10. The number of carbonyl (C=O) groups excluding carboxylic acids is 1. The molecule has 0 radical (unpaired) electrons. The Hall–Kier alpha value is -2.52. The summed E-state index contributed by atoms with van der Waals surface area (Å²) >= 11 is 0. The second-order valence-corrected chi connectivity index (χ2v) is 7.45. The van der Waals surface area contributed by atoms with Crippen molar-refractivity contribution < 1.29 is 27.5 Å². The van der Waals surface area contributed by atoms with Crippen LogP contribution >= 0.6 is 0 Å². The van der Waals surface area contributed by atoms with Gasteiger partial charge in [0.05, 0.1) is 17.0 Å². The van der Waals surface area contributed by atoms with E-state index in [-0.39, 0.29) is 30.1 Å². The second-order valence-electron chi connectivity index (χ2n) is 5.69. The highest BCUT2D eigenvalue weighted by molar-refractivity contribution is 7.89. The van der Waals surface area contributed by atoms with Crippen molar-refractivity contribution in [3.63, 3.8) is 0 Å². The van der Waals surface area contributed by atoms with E-state index < -0.39 is 21.8 Å². The zero-order chi connectivity index (χ0) is 19.3. The lowest BCUT2D eigenvalue weighted by Crippen LogP contribution is -2.26. The van der Waals surface area contributed by atoms with Crippen LogP contribution < -0.4 is 4.72 Å². The van der Waals surface area contributed by atoms with Crippen molar-refractivity contribution in [3.8, 4) is 0 Å². The van der Waals surface area contributed by atoms with Crippen LogP contribution in [0.15, 0.2) is 41.3 Å². The van der Waals surface area contributed by atoms with Gasteiger partial charge in [-0.15, -0.1) is 0 Å². The predicted molar refractivity (Wildman–Crippen MR) is 91.9 cm³/mol. The van der Waals surface area contributed by atoms with Gasteiger partial charge in [0, 0.05) is 32.1 Å². The number of halogens is 1. The average molecular weight is 382 g/mol. The second kappa shape index (κ2) is 8.24. The first-order valence-electron chi connectivity index (χ1n) is 7.85. The van der Waals surface area contributed by atoms with Crippen LogP contribution in [0, 0.1) is 5.82 Å². The van der Waals surface area contributed by atoms with Crippen molar-refractivity contribution in [2.24, 2.45) is 7.05 Å². The normalized spacial score (nSPS) is 11.5. The summed E-state index contributed by atoms with van der Waals surface area (Å²) in [6.45, 7) is 0.0975. The van der Waals surface area contributed by atoms with Crippen LogP contribution in [0.25, 0.3) is 0 Å². The number of sulfonamides is 1. The molecular weight excluding hydrogens is 363 g/mol. The highest BCUT2D eigenvalue weighted by Gasteiger charge is 2.16. The Kier molecular flexibility index (Phi) is 6.27. The predicted octanol–water partition coefficient (Wildman–Crippen LogP) is 1.73. The molecule has 0 aliphatic rings. The number of benzene rings is 1. The van der Waals surface area contributed by atoms with E-state index >= 15 is 0 Å². The number of carboxylic acid groups (broad SMARTS) is 1. The van der Waals surface area contributed by atoms with Crippen LogP contribution in [0.4, 0.5) is 4.39 Å². The number of ketones is 1. The summed E-state index contributed by atoms with van der Waals surface area (Å²) in [7, 11) is -2.08. The highest BCUT2D eigenvalue weighted by Crippen LogP contribution is 2.13. The van der Waals surface area contributed by atoms with Gasteiger partial charge in [0.1, 0.15) is 5.82 Å². The molecule has 1 aromatic carbocycles. The molecule has 0 bridgehead atoms. The number of hydrogen-bond donors (Lipinski definition) is 2. The van der Waals surface area contributed by atoms with Gasteiger partial charge in [0.2, 0.25) is 10.0 Å². The van der Waals surface area contributed by atoms with Crippen molar-refractivity contribution in [1.82, 2.24) is 9.29 Å². The van der Waals surface area contributed by atoms with Gasteiger partial charge >= 0.3 is 5.97 Å². The highest BCUT2D eigenvalue weighted by atomic mass is 32.2. The Morgan fingerprint density at radius 2 is 1.77 bits per heavy atom. The van der Waals surface area contributed by atoms with Gasteiger partial charge in [0.15, 0.2) is 5.78 Å². The molecule has 0 aliphatic heterocycles. The van der Waals surface area contributed by atoms with Gasteiger partial charge in [-0.25, -0.2) is 17.5 Å². The lowest BCUT2D eigenvalue weighted by atomic mass is 10.2. The molecule has 2 aromatic rings. The molecule has 140 valence electrons. The maximum absolute atomic E-state index is 12.9. The monoisotopic (exact) mass is 382 g/mol. The fraction of sp³-hybridized carbons (Fsp3) is 0.294. The number of nitrogens with zero attached hydrogens (tertiary/aromatic N) is 1. The fourth-order valence-electron chi connectivity index (χ4n) is 2.44. The maximum Gasteiger partial charge on any atom is 0.303 e. The number of rotatable bonds is 9. The van der Waals surface area contributed by atoms with Crippen molar-refractivity contribution in [3.05, 3.63) is 53.6 Å². The standard InChI is InChI=1S/C17H19FN2O5S/c1-20-13(4-7-15(20)16(21)8-9-17(22)23)10-11-19-26(24,25)14-5-2-12(18)3-6-14/h2-7,19H,8-11H2,1H3,(H,22,23). The molecule has 0 fully saturated rings. The lowest BCUT2D eigenvalue weighted by Gasteiger charge is -2.09. The summed E-state index contributed by atoms with van der Waals surface area (Å²) in [5.74, 6) is -1.84. The quantitative estimate of drug-likeness (QED) is 0.643. The molecule has 0 amide bonds. The number of carboxylic acids is 1. The van der Waals surface area contributed by atoms with E-state index in [0.717, 1.165) is 17.8 Å². The van der Waals surface area contributed by atoms with Crippen LogP contribution in [0.3, 0.4) is 0 Å². The molecule has 0 atom stereocenters. The van der Waals surface area contributed by atoms with Gasteiger partial charge < -0.3 is 9.67 Å². The van der Waals surface area contributed by atoms with E-state index in [1.807, 2.05) is 0 Å². The molecular formula is C17H19FN2O5S. The number of aliphatic carboxylic acids is 1. The van der Waals surface area contributed by atoms with E-state index in [2.05, 4.69) is 4.72 Å². The van der Waals surface area contributed by atoms with Crippen molar-refractivity contribution in [1.29, 1.82) is 0 Å². The molecule has 26 heavy (non-hydrogen) atoms. The van der Waals surface area contributed by atoms with E-state index in [9.17, 15) is 22.4 Å². The Labute approximate surface area is 150 Å². The third-order valence-corrected chi connectivity index (χ3v) is 5.35. The van der Waals surface area contributed by atoms with Crippen molar-refractivity contribution >= 4 is 21.8 Å². The third-order valence-electron chi connectivity index (χ3n) is 3.87. The number of aromatic nitrogens is 1. The molecule has 2 rings (SSSR count). The SMILES string of the molecule is Cn1c(CCNS(=O)(=O)c2ccc(F)cc2)ccc1C(=O)CCC(=O)O. The van der Waals surface area contributed by atoms with Gasteiger partial charge in [-0.3, -0.25) is 9.59 Å². The minimum absolute atomic E-state index is 0.0321. The topological polar surface area (TPSA) is 105 Å². The Balaban J connectivity index is 1.97. The van der Waals surface area contributed by atoms with Gasteiger partial charge in [0.25, 0.3) is 0 Å². The molecule has 2 N–H and O–H groups in total. The van der Waals surface area contributed by atoms with Crippen LogP contribution in [0.5, 0.6) is 0 Å². The summed E-state index contributed by atoms with van der Waals surface area (Å²) in [4.78, 5) is 22.5. The molecule has 1 aromatic heterocycles. The first-order valence-corrected chi connectivity index (χ1v) is 9.34. The molecule has 0 spiro atoms. The van der Waals surface area contributed by atoms with E-state index in [1.165, 1.54) is 12.1 Å². The number of nitrogens with one attached hydrogen (secondary N) is 1. The summed E-state index contributed by atoms with van der Waals surface area (Å²) in [6, 6.07) is 7.79. The zero-order valence-corrected chi connectivity index (χ0v) is 14.9. The first-order chi connectivity index (χ1) is 12.2. The number of carbonyl (C=O) groups is 2. The Bertz CT molecular complexity index is 904. The largest absolute Gasteiger partial charge is 0.481 e. The van der Waals surface area contributed by atoms with Crippen LogP contribution in [-0.2, 0) is 28.3 Å². The van der Waals surface area contributed by atoms with Gasteiger partial charge in [-0.05, 0) is 36.4 Å². The van der Waals surface area contributed by atoms with Gasteiger partial charge in [-0.1, -0.05) is 0 Å². The van der Waals surface area contributed by atoms with E-state index in [0.29, 0.717) is 12.1 Å². The zero-order valence-electron chi connectivity index (χ0n) is 14.1. The number of hydrogen-bond acceptors (Lipinski definition) is 4. The smallest absolute Gasteiger partial charge is 0.303 e. The molecule has 0 unspecified atom stereocenters. The first kappa shape index (κ1) is 19.8. The van der Waals surface area contributed by atoms with Crippen LogP contribution in [0.2, 0.25) is 0 Å². The molecule has 0 saturated carbocycles. The Morgan fingerprint density at radius 1 is 1.12 bits per heavy atom. The van der Waals surface area contributed by atoms with Crippen LogP contribution in [-0.4, -0.2) is 36.4 Å². The average Bonchev–Trinajstić information content (AvgIpc) is 2.94.